The predicted octanol–water partition coefficient (Wildman–Crippen LogP) is 3.45. The van der Waals surface area contributed by atoms with Gasteiger partial charge in [0.15, 0.2) is 17.3 Å². The number of aromatic nitrogens is 4. The van der Waals surface area contributed by atoms with Gasteiger partial charge in [0.05, 0.1) is 27.6 Å². The molecule has 0 saturated heterocycles. The summed E-state index contributed by atoms with van der Waals surface area (Å²) in [6.07, 6.45) is 2.96. The zero-order chi connectivity index (χ0) is 24.9. The summed E-state index contributed by atoms with van der Waals surface area (Å²) in [5.74, 6) is 1.49. The Morgan fingerprint density at radius 2 is 1.86 bits per heavy atom. The van der Waals surface area contributed by atoms with Crippen molar-refractivity contribution >= 4 is 11.7 Å². The molecule has 182 valence electrons. The van der Waals surface area contributed by atoms with Crippen LogP contribution < -0.4 is 25.1 Å². The Morgan fingerprint density at radius 3 is 2.46 bits per heavy atom. The highest BCUT2D eigenvalue weighted by Crippen LogP contribution is 2.38. The number of hydrogen-bond donors (Lipinski definition) is 2. The molecule has 0 saturated carbocycles. The SMILES string of the molecule is CCCc1cc(=O)[nH]c(-n2nc(-c3ccco3)cc2NC(=O)c2cc(OC)c(OC)c(OC)c2)n1. The van der Waals surface area contributed by atoms with Crippen molar-refractivity contribution in [1.29, 1.82) is 0 Å². The normalized spacial score (nSPS) is 10.7. The lowest BCUT2D eigenvalue weighted by Gasteiger charge is -2.14. The van der Waals surface area contributed by atoms with Crippen molar-refractivity contribution in [2.24, 2.45) is 0 Å². The third-order valence-electron chi connectivity index (χ3n) is 5.14. The van der Waals surface area contributed by atoms with Crippen LogP contribution in [0.15, 0.2) is 51.9 Å². The zero-order valence-corrected chi connectivity index (χ0v) is 19.7. The van der Waals surface area contributed by atoms with Gasteiger partial charge in [-0.3, -0.25) is 14.6 Å². The number of amides is 1. The largest absolute Gasteiger partial charge is 0.493 e. The third kappa shape index (κ3) is 4.88. The molecule has 3 aromatic heterocycles. The Labute approximate surface area is 200 Å². The molecule has 0 unspecified atom stereocenters. The molecule has 2 N–H and O–H groups in total. The maximum Gasteiger partial charge on any atom is 0.257 e. The van der Waals surface area contributed by atoms with Crippen molar-refractivity contribution in [3.63, 3.8) is 0 Å². The van der Waals surface area contributed by atoms with Crippen LogP contribution in [-0.4, -0.2) is 47.0 Å². The van der Waals surface area contributed by atoms with Crippen molar-refractivity contribution in [3.8, 4) is 34.7 Å². The Hall–Kier alpha value is -4.54. The lowest BCUT2D eigenvalue weighted by molar-refractivity contribution is 0.102. The number of H-pyrrole nitrogens is 1. The minimum absolute atomic E-state index is 0.166. The number of anilines is 1. The first-order valence-corrected chi connectivity index (χ1v) is 10.8. The molecular weight excluding hydrogens is 454 g/mol. The molecule has 0 aliphatic carbocycles. The summed E-state index contributed by atoms with van der Waals surface area (Å²) in [7, 11) is 4.42. The van der Waals surface area contributed by atoms with E-state index >= 15 is 0 Å². The molecule has 0 aliphatic rings. The zero-order valence-electron chi connectivity index (χ0n) is 19.7. The van der Waals surface area contributed by atoms with E-state index < -0.39 is 5.91 Å². The van der Waals surface area contributed by atoms with Crippen molar-refractivity contribution in [2.45, 2.75) is 19.8 Å². The van der Waals surface area contributed by atoms with Gasteiger partial charge in [-0.05, 0) is 30.7 Å². The maximum absolute atomic E-state index is 13.2. The van der Waals surface area contributed by atoms with Gasteiger partial charge in [-0.2, -0.15) is 9.78 Å². The molecule has 4 aromatic rings. The second-order valence-electron chi connectivity index (χ2n) is 7.48. The Kier molecular flexibility index (Phi) is 6.86. The van der Waals surface area contributed by atoms with E-state index in [1.165, 1.54) is 50.5 Å². The molecule has 0 bridgehead atoms. The fourth-order valence-electron chi connectivity index (χ4n) is 3.56. The first-order chi connectivity index (χ1) is 17.0. The smallest absolute Gasteiger partial charge is 0.257 e. The lowest BCUT2D eigenvalue weighted by Crippen LogP contribution is -2.19. The molecule has 0 aliphatic heterocycles. The van der Waals surface area contributed by atoms with Gasteiger partial charge in [-0.25, -0.2) is 4.98 Å². The van der Waals surface area contributed by atoms with Crippen LogP contribution in [-0.2, 0) is 6.42 Å². The summed E-state index contributed by atoms with van der Waals surface area (Å²) in [4.78, 5) is 32.7. The number of ether oxygens (including phenoxy) is 3. The van der Waals surface area contributed by atoms with Crippen LogP contribution in [0.4, 0.5) is 5.82 Å². The summed E-state index contributed by atoms with van der Waals surface area (Å²) >= 11 is 0. The number of methoxy groups -OCH3 is 3. The van der Waals surface area contributed by atoms with Gasteiger partial charge in [0, 0.05) is 23.4 Å². The molecular formula is C24H25N5O6. The van der Waals surface area contributed by atoms with Crippen LogP contribution in [0.1, 0.15) is 29.4 Å². The predicted molar refractivity (Wildman–Crippen MR) is 128 cm³/mol. The second-order valence-corrected chi connectivity index (χ2v) is 7.48. The van der Waals surface area contributed by atoms with E-state index in [-0.39, 0.29) is 22.9 Å². The van der Waals surface area contributed by atoms with E-state index in [0.717, 1.165) is 6.42 Å². The molecule has 1 amide bonds. The highest BCUT2D eigenvalue weighted by Gasteiger charge is 2.21. The summed E-state index contributed by atoms with van der Waals surface area (Å²) in [5.41, 5.74) is 0.991. The fourth-order valence-corrected chi connectivity index (χ4v) is 3.56. The van der Waals surface area contributed by atoms with Crippen molar-refractivity contribution in [1.82, 2.24) is 19.7 Å². The molecule has 11 nitrogen and oxygen atoms in total. The Morgan fingerprint density at radius 1 is 1.11 bits per heavy atom. The minimum Gasteiger partial charge on any atom is -0.493 e. The molecule has 0 atom stereocenters. The van der Waals surface area contributed by atoms with Gasteiger partial charge >= 0.3 is 0 Å². The monoisotopic (exact) mass is 479 g/mol. The van der Waals surface area contributed by atoms with Crippen molar-refractivity contribution in [2.75, 3.05) is 26.6 Å². The van der Waals surface area contributed by atoms with Crippen molar-refractivity contribution < 1.29 is 23.4 Å². The van der Waals surface area contributed by atoms with E-state index in [9.17, 15) is 9.59 Å². The summed E-state index contributed by atoms with van der Waals surface area (Å²) < 4.78 is 22.8. The van der Waals surface area contributed by atoms with Gasteiger partial charge in [0.25, 0.3) is 11.5 Å². The summed E-state index contributed by atoms with van der Waals surface area (Å²) in [5, 5.41) is 7.34. The summed E-state index contributed by atoms with van der Waals surface area (Å²) in [6.45, 7) is 1.99. The van der Waals surface area contributed by atoms with Crippen LogP contribution in [0.2, 0.25) is 0 Å². The van der Waals surface area contributed by atoms with Crippen molar-refractivity contribution in [3.05, 3.63) is 64.3 Å². The molecule has 4 rings (SSSR count). The van der Waals surface area contributed by atoms with Crippen LogP contribution in [0, 0.1) is 0 Å². The number of furan rings is 1. The highest BCUT2D eigenvalue weighted by atomic mass is 16.5. The lowest BCUT2D eigenvalue weighted by atomic mass is 10.1. The first kappa shape index (κ1) is 23.6. The van der Waals surface area contributed by atoms with Gasteiger partial charge in [0.2, 0.25) is 11.7 Å². The first-order valence-electron chi connectivity index (χ1n) is 10.8. The molecule has 11 heteroatoms. The quantitative estimate of drug-likeness (QED) is 0.373. The fraction of sp³-hybridized carbons (Fsp3) is 0.250. The number of rotatable bonds is 9. The molecule has 0 spiro atoms. The topological polar surface area (TPSA) is 134 Å². The van der Waals surface area contributed by atoms with Crippen LogP contribution >= 0.6 is 0 Å². The second kappa shape index (κ2) is 10.2. The van der Waals surface area contributed by atoms with Gasteiger partial charge < -0.3 is 23.9 Å². The summed E-state index contributed by atoms with van der Waals surface area (Å²) in [6, 6.07) is 9.60. The molecule has 3 heterocycles. The molecule has 0 fully saturated rings. The van der Waals surface area contributed by atoms with Gasteiger partial charge in [-0.1, -0.05) is 13.3 Å². The van der Waals surface area contributed by atoms with Crippen LogP contribution in [0.3, 0.4) is 0 Å². The standard InChI is InChI=1S/C24H25N5O6/c1-5-7-15-12-21(30)27-24(25-15)29-20(13-16(28-29)17-8-6-9-35-17)26-23(31)14-10-18(32-2)22(34-4)19(11-14)33-3/h6,8-13H,5,7H2,1-4H3,(H,26,31)(H,25,27,30). The van der Waals surface area contributed by atoms with E-state index in [0.29, 0.717) is 40.8 Å². The van der Waals surface area contributed by atoms with Gasteiger partial charge in [-0.15, -0.1) is 0 Å². The van der Waals surface area contributed by atoms with Crippen LogP contribution in [0.25, 0.3) is 17.4 Å². The number of aromatic amines is 1. The van der Waals surface area contributed by atoms with Gasteiger partial charge in [0.1, 0.15) is 11.5 Å². The number of carbonyl (C=O) groups is 1. The van der Waals surface area contributed by atoms with E-state index in [4.69, 9.17) is 18.6 Å². The van der Waals surface area contributed by atoms with E-state index in [2.05, 4.69) is 20.4 Å². The molecule has 35 heavy (non-hydrogen) atoms. The Bertz CT molecular complexity index is 1360. The number of benzene rings is 1. The maximum atomic E-state index is 13.2. The Balaban J connectivity index is 1.77. The number of carbonyl (C=O) groups excluding carboxylic acids is 1. The van der Waals surface area contributed by atoms with E-state index in [1.54, 1.807) is 18.2 Å². The molecule has 0 radical (unpaired) electrons. The van der Waals surface area contributed by atoms with Crippen LogP contribution in [0.5, 0.6) is 17.2 Å². The highest BCUT2D eigenvalue weighted by molar-refractivity contribution is 6.05. The number of aryl methyl sites for hydroxylation is 1. The minimum atomic E-state index is -0.469. The average molecular weight is 479 g/mol. The number of nitrogens with zero attached hydrogens (tertiary/aromatic N) is 3. The third-order valence-corrected chi connectivity index (χ3v) is 5.14. The van der Waals surface area contributed by atoms with E-state index in [1.807, 2.05) is 6.92 Å². The number of hydrogen-bond acceptors (Lipinski definition) is 8. The number of nitrogens with one attached hydrogen (secondary N) is 2. The average Bonchev–Trinajstić information content (AvgIpc) is 3.53. The molecule has 1 aromatic carbocycles.